The molecule has 0 aromatic heterocycles. The number of hydrogen-bond acceptors (Lipinski definition) is 0. The molecule has 1 aliphatic rings. The molecule has 0 saturated carbocycles. The Morgan fingerprint density at radius 3 is 1.65 bits per heavy atom. The monoisotopic (exact) mass is 262 g/mol. The highest BCUT2D eigenvalue weighted by atomic mass is 35.5. The highest BCUT2D eigenvalue weighted by Gasteiger charge is 2.18. The van der Waals surface area contributed by atoms with E-state index in [0.29, 0.717) is 11.8 Å². The second-order valence-electron chi connectivity index (χ2n) is 4.43. The van der Waals surface area contributed by atoms with E-state index in [2.05, 4.69) is 36.4 Å². The van der Waals surface area contributed by atoms with Gasteiger partial charge in [-0.2, -0.15) is 0 Å². The minimum absolute atomic E-state index is 0.580. The lowest BCUT2D eigenvalue weighted by Crippen LogP contribution is -1.84. The summed E-state index contributed by atoms with van der Waals surface area (Å²) < 4.78 is 0. The molecule has 0 heterocycles. The maximum absolute atomic E-state index is 5.87. The van der Waals surface area contributed by atoms with Crippen LogP contribution in [0.2, 0.25) is 0 Å². The van der Waals surface area contributed by atoms with Crippen LogP contribution in [0.4, 0.5) is 0 Å². The van der Waals surface area contributed by atoms with Crippen molar-refractivity contribution >= 4 is 23.2 Å². The Morgan fingerprint density at radius 2 is 1.24 bits per heavy atom. The van der Waals surface area contributed by atoms with E-state index in [0.717, 1.165) is 6.42 Å². The second kappa shape index (κ2) is 4.36. The molecule has 1 aliphatic carbocycles. The molecule has 0 unspecified atom stereocenters. The first-order chi connectivity index (χ1) is 8.31. The molecule has 0 amide bonds. The molecule has 0 radical (unpaired) electrons. The minimum Gasteiger partial charge on any atom is -0.122 e. The first-order valence-corrected chi connectivity index (χ1v) is 6.74. The topological polar surface area (TPSA) is 0 Å². The average Bonchev–Trinajstić information content (AvgIpc) is 2.74. The van der Waals surface area contributed by atoms with Crippen molar-refractivity contribution in [2.45, 2.75) is 18.2 Å². The lowest BCUT2D eigenvalue weighted by molar-refractivity contribution is 1.22. The molecule has 0 spiro atoms. The van der Waals surface area contributed by atoms with Crippen molar-refractivity contribution in [3.8, 4) is 11.1 Å². The van der Waals surface area contributed by atoms with Gasteiger partial charge >= 0.3 is 0 Å². The van der Waals surface area contributed by atoms with Crippen LogP contribution in [-0.4, -0.2) is 0 Å². The fourth-order valence-corrected chi connectivity index (χ4v) is 2.82. The summed E-state index contributed by atoms with van der Waals surface area (Å²) in [4.78, 5) is 0. The van der Waals surface area contributed by atoms with E-state index in [9.17, 15) is 0 Å². The van der Waals surface area contributed by atoms with Crippen molar-refractivity contribution in [3.05, 3.63) is 58.7 Å². The lowest BCUT2D eigenvalue weighted by atomic mass is 10.0. The molecule has 0 N–H and O–H groups in total. The molecule has 0 atom stereocenters. The van der Waals surface area contributed by atoms with Gasteiger partial charge in [0.25, 0.3) is 0 Å². The van der Waals surface area contributed by atoms with Crippen LogP contribution in [0.5, 0.6) is 0 Å². The molecule has 3 rings (SSSR count). The summed E-state index contributed by atoms with van der Waals surface area (Å²) in [5.74, 6) is 1.16. The van der Waals surface area contributed by atoms with Gasteiger partial charge in [0.1, 0.15) is 0 Å². The minimum atomic E-state index is 0.580. The van der Waals surface area contributed by atoms with Crippen molar-refractivity contribution < 1.29 is 0 Å². The smallest absolute Gasteiger partial charge is 0.0474 e. The van der Waals surface area contributed by atoms with Gasteiger partial charge in [-0.05, 0) is 39.8 Å². The Bertz CT molecular complexity index is 522. The number of benzene rings is 2. The summed E-state index contributed by atoms with van der Waals surface area (Å²) in [6.07, 6.45) is 1.00. The summed E-state index contributed by atoms with van der Waals surface area (Å²) in [5, 5.41) is 0. The van der Waals surface area contributed by atoms with E-state index < -0.39 is 0 Å². The summed E-state index contributed by atoms with van der Waals surface area (Å²) in [7, 11) is 0. The molecule has 17 heavy (non-hydrogen) atoms. The molecule has 0 saturated heterocycles. The Morgan fingerprint density at radius 1 is 0.765 bits per heavy atom. The zero-order valence-corrected chi connectivity index (χ0v) is 10.9. The predicted octanol–water partition coefficient (Wildman–Crippen LogP) is 4.74. The van der Waals surface area contributed by atoms with E-state index in [1.807, 2.05) is 0 Å². The Hall–Kier alpha value is -0.980. The zero-order valence-electron chi connectivity index (χ0n) is 9.34. The molecule has 86 valence electrons. The van der Waals surface area contributed by atoms with Crippen molar-refractivity contribution in [1.82, 2.24) is 0 Å². The lowest BCUT2D eigenvalue weighted by Gasteiger charge is -2.03. The standard InChI is InChI=1S/C15H12Cl2/c16-8-10-1-3-14-12(5-10)7-13-6-11(9-17)2-4-15(13)14/h1-6H,7-9H2. The van der Waals surface area contributed by atoms with Crippen LogP contribution in [-0.2, 0) is 18.2 Å². The SMILES string of the molecule is ClCc1ccc2c(c1)Cc1cc(CCl)ccc1-2. The molecular formula is C15H12Cl2. The van der Waals surface area contributed by atoms with E-state index in [1.54, 1.807) is 0 Å². The molecule has 0 nitrogen and oxygen atoms in total. The Balaban J connectivity index is 2.10. The molecule has 0 aliphatic heterocycles. The molecule has 2 heteroatoms. The predicted molar refractivity (Wildman–Crippen MR) is 73.8 cm³/mol. The second-order valence-corrected chi connectivity index (χ2v) is 4.96. The third-order valence-corrected chi connectivity index (χ3v) is 3.94. The summed E-state index contributed by atoms with van der Waals surface area (Å²) >= 11 is 11.7. The third kappa shape index (κ3) is 1.86. The van der Waals surface area contributed by atoms with Gasteiger partial charge in [0.05, 0.1) is 0 Å². The number of alkyl halides is 2. The van der Waals surface area contributed by atoms with Gasteiger partial charge in [0.2, 0.25) is 0 Å². The van der Waals surface area contributed by atoms with E-state index in [4.69, 9.17) is 23.2 Å². The number of fused-ring (bicyclic) bond motifs is 3. The molecule has 0 fully saturated rings. The van der Waals surface area contributed by atoms with Crippen LogP contribution >= 0.6 is 23.2 Å². The Kier molecular flexibility index (Phi) is 2.85. The molecule has 2 aromatic rings. The van der Waals surface area contributed by atoms with Gasteiger partial charge in [-0.25, -0.2) is 0 Å². The van der Waals surface area contributed by atoms with Gasteiger partial charge in [0.15, 0.2) is 0 Å². The van der Waals surface area contributed by atoms with Crippen LogP contribution in [0.1, 0.15) is 22.3 Å². The van der Waals surface area contributed by atoms with Crippen LogP contribution in [0, 0.1) is 0 Å². The van der Waals surface area contributed by atoms with Crippen molar-refractivity contribution in [1.29, 1.82) is 0 Å². The Labute approximate surface area is 111 Å². The zero-order chi connectivity index (χ0) is 11.8. The van der Waals surface area contributed by atoms with Gasteiger partial charge in [-0.3, -0.25) is 0 Å². The summed E-state index contributed by atoms with van der Waals surface area (Å²) in [6, 6.07) is 13.0. The first-order valence-electron chi connectivity index (χ1n) is 5.67. The van der Waals surface area contributed by atoms with E-state index >= 15 is 0 Å². The third-order valence-electron chi connectivity index (χ3n) is 3.32. The summed E-state index contributed by atoms with van der Waals surface area (Å²) in [6.45, 7) is 0. The largest absolute Gasteiger partial charge is 0.122 e. The van der Waals surface area contributed by atoms with Crippen LogP contribution < -0.4 is 0 Å². The van der Waals surface area contributed by atoms with Crippen molar-refractivity contribution in [3.63, 3.8) is 0 Å². The number of hydrogen-bond donors (Lipinski definition) is 0. The van der Waals surface area contributed by atoms with Gasteiger partial charge in [0, 0.05) is 11.8 Å². The van der Waals surface area contributed by atoms with Gasteiger partial charge in [-0.15, -0.1) is 23.2 Å². The maximum atomic E-state index is 5.87. The number of rotatable bonds is 2. The highest BCUT2D eigenvalue weighted by molar-refractivity contribution is 6.17. The van der Waals surface area contributed by atoms with E-state index in [1.165, 1.54) is 33.4 Å². The van der Waals surface area contributed by atoms with E-state index in [-0.39, 0.29) is 0 Å². The van der Waals surface area contributed by atoms with Crippen LogP contribution in [0.3, 0.4) is 0 Å². The normalized spacial score (nSPS) is 12.4. The van der Waals surface area contributed by atoms with Crippen molar-refractivity contribution in [2.24, 2.45) is 0 Å². The van der Waals surface area contributed by atoms with Crippen LogP contribution in [0.25, 0.3) is 11.1 Å². The summed E-state index contributed by atoms with van der Waals surface area (Å²) in [5.41, 5.74) is 7.83. The highest BCUT2D eigenvalue weighted by Crippen LogP contribution is 2.37. The van der Waals surface area contributed by atoms with Crippen molar-refractivity contribution in [2.75, 3.05) is 0 Å². The molecule has 0 bridgehead atoms. The fraction of sp³-hybridized carbons (Fsp3) is 0.200. The fourth-order valence-electron chi connectivity index (χ4n) is 2.48. The maximum Gasteiger partial charge on any atom is 0.0474 e. The molecular weight excluding hydrogens is 251 g/mol. The van der Waals surface area contributed by atoms with Gasteiger partial charge < -0.3 is 0 Å². The first kappa shape index (κ1) is 11.1. The molecule has 2 aromatic carbocycles. The van der Waals surface area contributed by atoms with Crippen LogP contribution in [0.15, 0.2) is 36.4 Å². The average molecular weight is 263 g/mol. The quantitative estimate of drug-likeness (QED) is 0.586. The number of halogens is 2. The van der Waals surface area contributed by atoms with Gasteiger partial charge in [-0.1, -0.05) is 36.4 Å².